The Morgan fingerprint density at radius 1 is 1.27 bits per heavy atom. The SMILES string of the molecule is COc1cccc(C2=CNC(=NCCCCN3CCCCC3)C(O)N2CC(=O)NC(C)C)c1. The summed E-state index contributed by atoms with van der Waals surface area (Å²) in [6.07, 6.45) is 6.80. The van der Waals surface area contributed by atoms with Crippen LogP contribution in [0.5, 0.6) is 5.75 Å². The van der Waals surface area contributed by atoms with E-state index in [2.05, 4.69) is 20.5 Å². The number of nitrogens with one attached hydrogen (secondary N) is 2. The number of amides is 1. The Morgan fingerprint density at radius 3 is 2.79 bits per heavy atom. The number of hydrogen-bond donors (Lipinski definition) is 3. The molecule has 0 aromatic heterocycles. The third-order valence-corrected chi connectivity index (χ3v) is 5.95. The van der Waals surface area contributed by atoms with Crippen LogP contribution in [0.2, 0.25) is 0 Å². The van der Waals surface area contributed by atoms with E-state index in [0.29, 0.717) is 23.8 Å². The first-order valence-electron chi connectivity index (χ1n) is 12.1. The van der Waals surface area contributed by atoms with E-state index in [4.69, 9.17) is 4.74 Å². The van der Waals surface area contributed by atoms with Gasteiger partial charge in [-0.05, 0) is 71.3 Å². The number of ether oxygens (including phenoxy) is 1. The van der Waals surface area contributed by atoms with Gasteiger partial charge >= 0.3 is 0 Å². The fourth-order valence-corrected chi connectivity index (χ4v) is 4.26. The second kappa shape index (κ2) is 12.6. The first kappa shape index (κ1) is 25.1. The van der Waals surface area contributed by atoms with Crippen molar-refractivity contribution in [1.29, 1.82) is 0 Å². The fraction of sp³-hybridized carbons (Fsp3) is 0.600. The summed E-state index contributed by atoms with van der Waals surface area (Å²) < 4.78 is 5.35. The molecule has 2 aliphatic rings. The number of piperidine rings is 1. The molecule has 2 heterocycles. The Morgan fingerprint density at radius 2 is 2.06 bits per heavy atom. The molecule has 2 aliphatic heterocycles. The van der Waals surface area contributed by atoms with Crippen LogP contribution in [0.15, 0.2) is 35.5 Å². The first-order valence-corrected chi connectivity index (χ1v) is 12.1. The van der Waals surface area contributed by atoms with Gasteiger partial charge in [0.15, 0.2) is 12.1 Å². The number of benzene rings is 1. The normalized spacial score (nSPS) is 20.5. The Kier molecular flexibility index (Phi) is 9.57. The molecule has 0 bridgehead atoms. The number of unbranched alkanes of at least 4 members (excludes halogenated alkanes) is 1. The van der Waals surface area contributed by atoms with E-state index in [1.807, 2.05) is 38.1 Å². The van der Waals surface area contributed by atoms with Crippen molar-refractivity contribution in [2.24, 2.45) is 4.99 Å². The average Bonchev–Trinajstić information content (AvgIpc) is 2.81. The molecule has 8 nitrogen and oxygen atoms in total. The minimum atomic E-state index is -1.03. The maximum atomic E-state index is 12.5. The van der Waals surface area contributed by atoms with Crippen molar-refractivity contribution < 1.29 is 14.6 Å². The van der Waals surface area contributed by atoms with Crippen molar-refractivity contribution in [2.45, 2.75) is 58.2 Å². The third-order valence-electron chi connectivity index (χ3n) is 5.95. The van der Waals surface area contributed by atoms with Gasteiger partial charge in [-0.1, -0.05) is 18.6 Å². The standard InChI is InChI=1S/C25H39N5O3/c1-19(2)28-23(31)18-30-22(20-10-9-11-21(16-20)33-3)17-27-24(25(30)32)26-12-5-8-15-29-13-6-4-7-14-29/h9-11,16-17,19,25,32H,4-8,12-15,18H2,1-3H3,(H,26,27)(H,28,31). The molecule has 0 saturated carbocycles. The molecule has 1 saturated heterocycles. The van der Waals surface area contributed by atoms with Crippen LogP contribution in [0, 0.1) is 0 Å². The summed E-state index contributed by atoms with van der Waals surface area (Å²) in [6.45, 7) is 8.03. The second-order valence-electron chi connectivity index (χ2n) is 9.01. The molecule has 3 rings (SSSR count). The largest absolute Gasteiger partial charge is 0.497 e. The predicted molar refractivity (Wildman–Crippen MR) is 132 cm³/mol. The smallest absolute Gasteiger partial charge is 0.239 e. The summed E-state index contributed by atoms with van der Waals surface area (Å²) in [6, 6.07) is 7.59. The molecular weight excluding hydrogens is 418 g/mol. The highest BCUT2D eigenvalue weighted by Gasteiger charge is 2.30. The van der Waals surface area contributed by atoms with Crippen LogP contribution in [0.4, 0.5) is 0 Å². The van der Waals surface area contributed by atoms with Gasteiger partial charge < -0.3 is 30.3 Å². The number of carbonyl (C=O) groups is 1. The molecule has 1 aromatic rings. The van der Waals surface area contributed by atoms with E-state index in [-0.39, 0.29) is 18.5 Å². The van der Waals surface area contributed by atoms with E-state index < -0.39 is 6.23 Å². The molecule has 1 atom stereocenters. The number of rotatable bonds is 10. The van der Waals surface area contributed by atoms with Gasteiger partial charge in [0.1, 0.15) is 5.75 Å². The lowest BCUT2D eigenvalue weighted by Gasteiger charge is -2.36. The van der Waals surface area contributed by atoms with E-state index in [1.54, 1.807) is 18.2 Å². The van der Waals surface area contributed by atoms with E-state index >= 15 is 0 Å². The van der Waals surface area contributed by atoms with Crippen molar-refractivity contribution in [3.8, 4) is 5.75 Å². The number of likely N-dealkylation sites (tertiary alicyclic amines) is 1. The van der Waals surface area contributed by atoms with Crippen molar-refractivity contribution in [2.75, 3.05) is 39.8 Å². The molecule has 182 valence electrons. The van der Waals surface area contributed by atoms with Crippen LogP contribution in [0.25, 0.3) is 5.70 Å². The topological polar surface area (TPSA) is 89.4 Å². The molecule has 8 heteroatoms. The van der Waals surface area contributed by atoms with Crippen LogP contribution in [-0.4, -0.2) is 78.8 Å². The molecule has 1 amide bonds. The summed E-state index contributed by atoms with van der Waals surface area (Å²) in [5.74, 6) is 1.03. The van der Waals surface area contributed by atoms with Gasteiger partial charge in [0.2, 0.25) is 5.91 Å². The van der Waals surface area contributed by atoms with E-state index in [9.17, 15) is 9.90 Å². The van der Waals surface area contributed by atoms with Crippen LogP contribution in [0.3, 0.4) is 0 Å². The molecule has 0 radical (unpaired) electrons. The molecule has 1 aromatic carbocycles. The van der Waals surface area contributed by atoms with Crippen LogP contribution < -0.4 is 15.4 Å². The Balaban J connectivity index is 1.67. The van der Waals surface area contributed by atoms with Crippen LogP contribution in [-0.2, 0) is 4.79 Å². The van der Waals surface area contributed by atoms with Gasteiger partial charge in [0, 0.05) is 24.4 Å². The predicted octanol–water partition coefficient (Wildman–Crippen LogP) is 2.41. The zero-order valence-electron chi connectivity index (χ0n) is 20.2. The average molecular weight is 458 g/mol. The maximum absolute atomic E-state index is 12.5. The van der Waals surface area contributed by atoms with Gasteiger partial charge in [-0.25, -0.2) is 0 Å². The molecule has 0 spiro atoms. The number of carbonyl (C=O) groups excluding carboxylic acids is 1. The summed E-state index contributed by atoms with van der Waals surface area (Å²) in [7, 11) is 1.62. The zero-order chi connectivity index (χ0) is 23.6. The molecule has 1 unspecified atom stereocenters. The highest BCUT2D eigenvalue weighted by atomic mass is 16.5. The van der Waals surface area contributed by atoms with Crippen molar-refractivity contribution >= 4 is 17.4 Å². The Bertz CT molecular complexity index is 833. The quantitative estimate of drug-likeness (QED) is 0.468. The summed E-state index contributed by atoms with van der Waals surface area (Å²) in [5, 5.41) is 17.2. The van der Waals surface area contributed by atoms with Crippen molar-refractivity contribution in [3.05, 3.63) is 36.0 Å². The highest BCUT2D eigenvalue weighted by molar-refractivity contribution is 5.93. The Labute approximate surface area is 197 Å². The number of amidine groups is 1. The number of methoxy groups -OCH3 is 1. The summed E-state index contributed by atoms with van der Waals surface area (Å²) in [5.41, 5.74) is 1.56. The molecular formula is C25H39N5O3. The second-order valence-corrected chi connectivity index (χ2v) is 9.01. The van der Waals surface area contributed by atoms with Crippen molar-refractivity contribution in [3.63, 3.8) is 0 Å². The lowest BCUT2D eigenvalue weighted by Crippen LogP contribution is -2.52. The molecule has 33 heavy (non-hydrogen) atoms. The highest BCUT2D eigenvalue weighted by Crippen LogP contribution is 2.26. The zero-order valence-corrected chi connectivity index (χ0v) is 20.2. The van der Waals surface area contributed by atoms with Gasteiger partial charge in [0.25, 0.3) is 0 Å². The number of aliphatic hydroxyl groups is 1. The Hall–Kier alpha value is -2.58. The minimum Gasteiger partial charge on any atom is -0.497 e. The fourth-order valence-electron chi connectivity index (χ4n) is 4.26. The number of aliphatic hydroxyl groups excluding tert-OH is 1. The lowest BCUT2D eigenvalue weighted by molar-refractivity contribution is -0.123. The number of hydrogen-bond acceptors (Lipinski definition) is 6. The van der Waals surface area contributed by atoms with Crippen LogP contribution >= 0.6 is 0 Å². The van der Waals surface area contributed by atoms with E-state index in [0.717, 1.165) is 24.9 Å². The number of nitrogens with zero attached hydrogens (tertiary/aromatic N) is 3. The maximum Gasteiger partial charge on any atom is 0.239 e. The minimum absolute atomic E-state index is 0.0230. The molecule has 3 N–H and O–H groups in total. The van der Waals surface area contributed by atoms with Crippen molar-refractivity contribution in [1.82, 2.24) is 20.4 Å². The monoisotopic (exact) mass is 457 g/mol. The van der Waals surface area contributed by atoms with Gasteiger partial charge in [0.05, 0.1) is 19.4 Å². The first-order chi connectivity index (χ1) is 16.0. The third kappa shape index (κ3) is 7.47. The number of aliphatic imine (C=N–C) groups is 1. The molecule has 1 fully saturated rings. The lowest BCUT2D eigenvalue weighted by atomic mass is 10.1. The van der Waals surface area contributed by atoms with Gasteiger partial charge in [-0.15, -0.1) is 0 Å². The molecule has 0 aliphatic carbocycles. The van der Waals surface area contributed by atoms with Gasteiger partial charge in [-0.3, -0.25) is 9.79 Å². The van der Waals surface area contributed by atoms with Gasteiger partial charge in [-0.2, -0.15) is 0 Å². The summed E-state index contributed by atoms with van der Waals surface area (Å²) in [4.78, 5) is 21.4. The van der Waals surface area contributed by atoms with E-state index in [1.165, 1.54) is 32.4 Å². The van der Waals surface area contributed by atoms with Crippen LogP contribution in [0.1, 0.15) is 51.5 Å². The summed E-state index contributed by atoms with van der Waals surface area (Å²) >= 11 is 0.